The van der Waals surface area contributed by atoms with Crippen LogP contribution in [0.3, 0.4) is 0 Å². The minimum Gasteiger partial charge on any atom is -0.382 e. The summed E-state index contributed by atoms with van der Waals surface area (Å²) in [6, 6.07) is 10.8. The van der Waals surface area contributed by atoms with Crippen LogP contribution in [0.4, 0.5) is 5.69 Å². The minimum atomic E-state index is 0.523. The van der Waals surface area contributed by atoms with Gasteiger partial charge in [-0.25, -0.2) is 0 Å². The number of pyridine rings is 1. The Balaban J connectivity index is 1.89. The molecule has 3 rings (SSSR count). The quantitative estimate of drug-likeness (QED) is 0.858. The van der Waals surface area contributed by atoms with Crippen molar-refractivity contribution in [2.75, 3.05) is 18.5 Å². The van der Waals surface area contributed by atoms with Crippen LogP contribution in [0, 0.1) is 0 Å². The molecule has 0 atom stereocenters. The molecule has 88 valence electrons. The summed E-state index contributed by atoms with van der Waals surface area (Å²) in [5, 5.41) is 4.80. The second kappa shape index (κ2) is 4.72. The van der Waals surface area contributed by atoms with Gasteiger partial charge in [0.25, 0.3) is 0 Å². The van der Waals surface area contributed by atoms with Gasteiger partial charge in [-0.15, -0.1) is 0 Å². The van der Waals surface area contributed by atoms with Gasteiger partial charge < -0.3 is 10.1 Å². The van der Waals surface area contributed by atoms with E-state index in [1.165, 1.54) is 11.1 Å². The van der Waals surface area contributed by atoms with Gasteiger partial charge in [0.15, 0.2) is 0 Å². The van der Waals surface area contributed by atoms with E-state index in [2.05, 4.69) is 28.5 Å². The maximum atomic E-state index is 5.37. The Morgan fingerprint density at radius 2 is 2.00 bits per heavy atom. The largest absolute Gasteiger partial charge is 0.382 e. The maximum absolute atomic E-state index is 5.37. The summed E-state index contributed by atoms with van der Waals surface area (Å²) in [6.45, 7) is 1.72. The highest BCUT2D eigenvalue weighted by Crippen LogP contribution is 2.23. The Kier molecular flexibility index (Phi) is 2.92. The highest BCUT2D eigenvalue weighted by molar-refractivity contribution is 5.91. The highest BCUT2D eigenvalue weighted by Gasteiger charge is 2.14. The summed E-state index contributed by atoms with van der Waals surface area (Å²) < 4.78 is 5.37. The fourth-order valence-corrected chi connectivity index (χ4v) is 2.29. The number of aromatic nitrogens is 1. The monoisotopic (exact) mass is 228 g/mol. The average Bonchev–Trinajstić information content (AvgIpc) is 2.40. The zero-order valence-corrected chi connectivity index (χ0v) is 9.73. The molecule has 1 N–H and O–H groups in total. The Hall–Kier alpha value is -1.61. The Labute approximate surface area is 101 Å². The van der Waals surface area contributed by atoms with Crippen molar-refractivity contribution in [3.63, 3.8) is 0 Å². The topological polar surface area (TPSA) is 34.1 Å². The van der Waals surface area contributed by atoms with Crippen LogP contribution in [0.25, 0.3) is 10.9 Å². The molecule has 0 saturated carbocycles. The second-order valence-electron chi connectivity index (χ2n) is 4.41. The normalized spacial score (nSPS) is 17.2. The fourth-order valence-electron chi connectivity index (χ4n) is 2.29. The van der Waals surface area contributed by atoms with E-state index in [1.54, 1.807) is 0 Å². The van der Waals surface area contributed by atoms with Gasteiger partial charge in [0, 0.05) is 36.5 Å². The molecular formula is C14H16N2O. The van der Waals surface area contributed by atoms with Crippen LogP contribution >= 0.6 is 0 Å². The molecule has 17 heavy (non-hydrogen) atoms. The first kappa shape index (κ1) is 10.5. The molecule has 3 heteroatoms. The van der Waals surface area contributed by atoms with E-state index < -0.39 is 0 Å². The van der Waals surface area contributed by atoms with Crippen LogP contribution in [0.2, 0.25) is 0 Å². The van der Waals surface area contributed by atoms with E-state index in [0.29, 0.717) is 6.04 Å². The number of hydrogen-bond acceptors (Lipinski definition) is 3. The molecule has 0 spiro atoms. The van der Waals surface area contributed by atoms with E-state index in [1.807, 2.05) is 18.3 Å². The molecule has 1 aromatic heterocycles. The number of nitrogens with zero attached hydrogens (tertiary/aromatic N) is 1. The molecule has 2 aromatic rings. The summed E-state index contributed by atoms with van der Waals surface area (Å²) in [5.41, 5.74) is 2.23. The SMILES string of the molecule is c1cc(NC2CCOCC2)c2cccnc2c1. The second-order valence-corrected chi connectivity index (χ2v) is 4.41. The lowest BCUT2D eigenvalue weighted by Gasteiger charge is -2.24. The van der Waals surface area contributed by atoms with E-state index in [-0.39, 0.29) is 0 Å². The lowest BCUT2D eigenvalue weighted by atomic mass is 10.1. The Morgan fingerprint density at radius 1 is 1.12 bits per heavy atom. The van der Waals surface area contributed by atoms with Crippen molar-refractivity contribution in [1.82, 2.24) is 4.98 Å². The van der Waals surface area contributed by atoms with Crippen LogP contribution in [0.15, 0.2) is 36.5 Å². The van der Waals surface area contributed by atoms with Crippen molar-refractivity contribution in [2.24, 2.45) is 0 Å². The lowest BCUT2D eigenvalue weighted by Crippen LogP contribution is -2.27. The van der Waals surface area contributed by atoms with Gasteiger partial charge in [0.1, 0.15) is 0 Å². The summed E-state index contributed by atoms with van der Waals surface area (Å²) in [4.78, 5) is 4.37. The molecule has 2 heterocycles. The van der Waals surface area contributed by atoms with E-state index in [4.69, 9.17) is 4.74 Å². The summed E-state index contributed by atoms with van der Waals surface area (Å²) >= 11 is 0. The van der Waals surface area contributed by atoms with Crippen LogP contribution < -0.4 is 5.32 Å². The van der Waals surface area contributed by atoms with Gasteiger partial charge >= 0.3 is 0 Å². The van der Waals surface area contributed by atoms with Crippen molar-refractivity contribution in [2.45, 2.75) is 18.9 Å². The first-order valence-electron chi connectivity index (χ1n) is 6.11. The van der Waals surface area contributed by atoms with Gasteiger partial charge in [-0.1, -0.05) is 6.07 Å². The first-order valence-corrected chi connectivity index (χ1v) is 6.11. The predicted octanol–water partition coefficient (Wildman–Crippen LogP) is 2.83. The number of ether oxygens (including phenoxy) is 1. The minimum absolute atomic E-state index is 0.523. The van der Waals surface area contributed by atoms with Crippen LogP contribution in [0.5, 0.6) is 0 Å². The average molecular weight is 228 g/mol. The number of rotatable bonds is 2. The van der Waals surface area contributed by atoms with Gasteiger partial charge in [0.05, 0.1) is 5.52 Å². The molecule has 0 bridgehead atoms. The molecule has 0 aliphatic carbocycles. The molecule has 1 saturated heterocycles. The van der Waals surface area contributed by atoms with Gasteiger partial charge in [0.2, 0.25) is 0 Å². The predicted molar refractivity (Wildman–Crippen MR) is 69.2 cm³/mol. The third kappa shape index (κ3) is 2.24. The molecule has 0 radical (unpaired) electrons. The molecule has 0 unspecified atom stereocenters. The summed E-state index contributed by atoms with van der Waals surface area (Å²) in [6.07, 6.45) is 3.99. The van der Waals surface area contributed by atoms with Gasteiger partial charge in [-0.05, 0) is 37.1 Å². The molecule has 3 nitrogen and oxygen atoms in total. The maximum Gasteiger partial charge on any atom is 0.0722 e. The zero-order valence-electron chi connectivity index (χ0n) is 9.73. The van der Waals surface area contributed by atoms with Crippen LogP contribution in [0.1, 0.15) is 12.8 Å². The van der Waals surface area contributed by atoms with Crippen molar-refractivity contribution >= 4 is 16.6 Å². The van der Waals surface area contributed by atoms with E-state index in [9.17, 15) is 0 Å². The number of fused-ring (bicyclic) bond motifs is 1. The molecule has 1 aliphatic rings. The Morgan fingerprint density at radius 3 is 2.88 bits per heavy atom. The fraction of sp³-hybridized carbons (Fsp3) is 0.357. The molecule has 1 aromatic carbocycles. The molecule has 1 aliphatic heterocycles. The zero-order chi connectivity index (χ0) is 11.5. The van der Waals surface area contributed by atoms with Crippen LogP contribution in [-0.4, -0.2) is 24.2 Å². The van der Waals surface area contributed by atoms with Gasteiger partial charge in [-0.2, -0.15) is 0 Å². The van der Waals surface area contributed by atoms with Crippen molar-refractivity contribution < 1.29 is 4.74 Å². The highest BCUT2D eigenvalue weighted by atomic mass is 16.5. The van der Waals surface area contributed by atoms with E-state index >= 15 is 0 Å². The molecular weight excluding hydrogens is 212 g/mol. The molecule has 1 fully saturated rings. The van der Waals surface area contributed by atoms with Crippen molar-refractivity contribution in [3.8, 4) is 0 Å². The van der Waals surface area contributed by atoms with Crippen LogP contribution in [-0.2, 0) is 4.74 Å². The third-order valence-electron chi connectivity index (χ3n) is 3.23. The number of anilines is 1. The first-order chi connectivity index (χ1) is 8.43. The number of benzene rings is 1. The Bertz CT molecular complexity index is 501. The smallest absolute Gasteiger partial charge is 0.0722 e. The lowest BCUT2D eigenvalue weighted by molar-refractivity contribution is 0.0905. The summed E-state index contributed by atoms with van der Waals surface area (Å²) in [7, 11) is 0. The number of nitrogens with one attached hydrogen (secondary N) is 1. The molecule has 0 amide bonds. The van der Waals surface area contributed by atoms with Crippen molar-refractivity contribution in [3.05, 3.63) is 36.5 Å². The number of hydrogen-bond donors (Lipinski definition) is 1. The summed E-state index contributed by atoms with van der Waals surface area (Å²) in [5.74, 6) is 0. The van der Waals surface area contributed by atoms with E-state index in [0.717, 1.165) is 31.6 Å². The van der Waals surface area contributed by atoms with Gasteiger partial charge in [-0.3, -0.25) is 4.98 Å². The third-order valence-corrected chi connectivity index (χ3v) is 3.23. The van der Waals surface area contributed by atoms with Crippen molar-refractivity contribution in [1.29, 1.82) is 0 Å². The standard InChI is InChI=1S/C14H16N2O/c1-4-13-12(3-2-8-15-13)14(5-1)16-11-6-9-17-10-7-11/h1-5,8,11,16H,6-7,9-10H2.